The van der Waals surface area contributed by atoms with Crippen LogP contribution in [-0.2, 0) is 0 Å². The number of allylic oxidation sites excluding steroid dienone is 14. The van der Waals surface area contributed by atoms with Crippen molar-refractivity contribution in [1.82, 2.24) is 0 Å². The van der Waals surface area contributed by atoms with Crippen molar-refractivity contribution in [2.75, 3.05) is 4.90 Å². The molecule has 3 aromatic carbocycles. The second kappa shape index (κ2) is 10.9. The van der Waals surface area contributed by atoms with Crippen molar-refractivity contribution in [2.24, 2.45) is 5.92 Å². The maximum Gasteiger partial charge on any atom is 0.0458 e. The number of hydrogen-bond donors (Lipinski definition) is 0. The van der Waals surface area contributed by atoms with Crippen LogP contribution in [0, 0.1) is 5.92 Å². The molecule has 1 aliphatic heterocycles. The summed E-state index contributed by atoms with van der Waals surface area (Å²) in [4.78, 5) is 3.91. The van der Waals surface area contributed by atoms with E-state index in [0.29, 0.717) is 17.1 Å². The first-order valence-electron chi connectivity index (χ1n) is 15.1. The Morgan fingerprint density at radius 2 is 1.62 bits per heavy atom. The fraction of sp³-hybridized carbons (Fsp3) is 0.150. The van der Waals surface area contributed by atoms with Gasteiger partial charge in [0.1, 0.15) is 0 Å². The summed E-state index contributed by atoms with van der Waals surface area (Å²) in [5.41, 5.74) is 11.9. The lowest BCUT2D eigenvalue weighted by atomic mass is 9.82. The lowest BCUT2D eigenvalue weighted by molar-refractivity contribution is 0.782. The molecule has 0 fully saturated rings. The van der Waals surface area contributed by atoms with E-state index in [-0.39, 0.29) is 0 Å². The lowest BCUT2D eigenvalue weighted by Gasteiger charge is -2.36. The molecule has 3 atom stereocenters. The van der Waals surface area contributed by atoms with E-state index in [9.17, 15) is 0 Å². The summed E-state index contributed by atoms with van der Waals surface area (Å²) in [6.45, 7) is 0. The third-order valence-electron chi connectivity index (χ3n) is 9.00. The van der Waals surface area contributed by atoms with Gasteiger partial charge in [0.2, 0.25) is 0 Å². The average Bonchev–Trinajstić information content (AvgIpc) is 3.45. The minimum absolute atomic E-state index is 0.344. The molecule has 0 spiro atoms. The molecule has 1 heterocycles. The van der Waals surface area contributed by atoms with Gasteiger partial charge in [-0.1, -0.05) is 109 Å². The van der Waals surface area contributed by atoms with Gasteiger partial charge in [-0.2, -0.15) is 0 Å². The van der Waals surface area contributed by atoms with E-state index < -0.39 is 0 Å². The number of fused-ring (bicyclic) bond motifs is 4. The highest BCUT2D eigenvalue weighted by atomic mass is 32.2. The summed E-state index contributed by atoms with van der Waals surface area (Å²) >= 11 is 2.00. The number of nitrogens with zero attached hydrogens (tertiary/aromatic N) is 1. The molecule has 204 valence electrons. The number of hydrogen-bond acceptors (Lipinski definition) is 2. The van der Waals surface area contributed by atoms with Crippen LogP contribution >= 0.6 is 11.8 Å². The maximum atomic E-state index is 2.50. The molecule has 0 saturated carbocycles. The van der Waals surface area contributed by atoms with Crippen LogP contribution < -0.4 is 4.90 Å². The minimum atomic E-state index is 0.344. The van der Waals surface area contributed by atoms with Crippen molar-refractivity contribution in [3.05, 3.63) is 174 Å². The van der Waals surface area contributed by atoms with Crippen LogP contribution in [0.3, 0.4) is 0 Å². The highest BCUT2D eigenvalue weighted by Crippen LogP contribution is 2.52. The molecule has 42 heavy (non-hydrogen) atoms. The molecule has 0 aromatic heterocycles. The molecule has 5 aliphatic rings. The van der Waals surface area contributed by atoms with Crippen molar-refractivity contribution in [2.45, 2.75) is 35.3 Å². The van der Waals surface area contributed by atoms with Crippen molar-refractivity contribution in [3.63, 3.8) is 0 Å². The SMILES string of the molecule is C1=CC2=CC=C(c3cccc(-c4ccc(N(C5=CCCC=C5)C5=CC=CC6Sc7ccccc7C56)cc4)c3)CC2C=C1. The van der Waals surface area contributed by atoms with Crippen LogP contribution in [0.2, 0.25) is 0 Å². The third kappa shape index (κ3) is 4.61. The molecule has 0 amide bonds. The second-order valence-electron chi connectivity index (χ2n) is 11.6. The first kappa shape index (κ1) is 25.4. The second-order valence-corrected chi connectivity index (χ2v) is 12.8. The minimum Gasteiger partial charge on any atom is -0.314 e. The lowest BCUT2D eigenvalue weighted by Crippen LogP contribution is -2.29. The zero-order chi connectivity index (χ0) is 27.9. The van der Waals surface area contributed by atoms with Gasteiger partial charge in [0.15, 0.2) is 0 Å². The van der Waals surface area contributed by atoms with E-state index in [1.807, 2.05) is 11.8 Å². The first-order valence-corrected chi connectivity index (χ1v) is 16.0. The molecule has 0 radical (unpaired) electrons. The van der Waals surface area contributed by atoms with Gasteiger partial charge >= 0.3 is 0 Å². The largest absolute Gasteiger partial charge is 0.314 e. The van der Waals surface area contributed by atoms with Crippen molar-refractivity contribution < 1.29 is 0 Å². The quantitative estimate of drug-likeness (QED) is 0.306. The molecule has 3 unspecified atom stereocenters. The van der Waals surface area contributed by atoms with Gasteiger partial charge in [0, 0.05) is 39.1 Å². The average molecular weight is 560 g/mol. The highest BCUT2D eigenvalue weighted by molar-refractivity contribution is 8.00. The highest BCUT2D eigenvalue weighted by Gasteiger charge is 2.38. The van der Waals surface area contributed by atoms with Gasteiger partial charge < -0.3 is 4.90 Å². The Kier molecular flexibility index (Phi) is 6.57. The summed E-state index contributed by atoms with van der Waals surface area (Å²) in [6.07, 6.45) is 30.7. The fourth-order valence-electron chi connectivity index (χ4n) is 6.89. The van der Waals surface area contributed by atoms with Crippen molar-refractivity contribution in [3.8, 4) is 11.1 Å². The predicted molar refractivity (Wildman–Crippen MR) is 179 cm³/mol. The van der Waals surface area contributed by atoms with Crippen LogP contribution in [0.1, 0.15) is 36.3 Å². The van der Waals surface area contributed by atoms with E-state index in [2.05, 4.69) is 151 Å². The summed E-state index contributed by atoms with van der Waals surface area (Å²) in [7, 11) is 0. The van der Waals surface area contributed by atoms with Gasteiger partial charge in [-0.3, -0.25) is 0 Å². The predicted octanol–water partition coefficient (Wildman–Crippen LogP) is 10.6. The van der Waals surface area contributed by atoms with Gasteiger partial charge in [-0.15, -0.1) is 11.8 Å². The normalized spacial score (nSPS) is 23.3. The molecule has 3 aromatic rings. The Balaban J connectivity index is 1.13. The number of thioether (sulfide) groups is 1. The van der Waals surface area contributed by atoms with E-state index in [4.69, 9.17) is 0 Å². The van der Waals surface area contributed by atoms with Crippen molar-refractivity contribution >= 4 is 23.0 Å². The van der Waals surface area contributed by atoms with Crippen LogP contribution in [0.15, 0.2) is 168 Å². The smallest absolute Gasteiger partial charge is 0.0458 e. The Morgan fingerprint density at radius 1 is 0.714 bits per heavy atom. The molecule has 0 saturated heterocycles. The molecule has 0 N–H and O–H groups in total. The molecular weight excluding hydrogens is 527 g/mol. The van der Waals surface area contributed by atoms with Gasteiger partial charge in [-0.05, 0) is 89.1 Å². The standard InChI is InChI=1S/C40H33NS/c1-2-14-34(15-3-1)41(37-17-9-19-39-40(37)36-16-6-7-18-38(36)42-39)35-24-22-29(23-25-35)31-12-8-13-32(26-31)33-21-20-28-10-4-5-11-30(28)27-33/h2,4-26,30,39-40H,1,3,27H2. The molecular formula is C40H33NS. The Morgan fingerprint density at radius 3 is 2.52 bits per heavy atom. The molecule has 1 nitrogen and oxygen atoms in total. The van der Waals surface area contributed by atoms with Crippen LogP contribution in [-0.4, -0.2) is 5.25 Å². The van der Waals surface area contributed by atoms with E-state index >= 15 is 0 Å². The number of rotatable bonds is 5. The van der Waals surface area contributed by atoms with Crippen LogP contribution in [0.25, 0.3) is 16.7 Å². The van der Waals surface area contributed by atoms with Gasteiger partial charge in [0.25, 0.3) is 0 Å². The molecule has 4 aliphatic carbocycles. The fourth-order valence-corrected chi connectivity index (χ4v) is 8.26. The van der Waals surface area contributed by atoms with Crippen LogP contribution in [0.5, 0.6) is 0 Å². The topological polar surface area (TPSA) is 3.24 Å². The summed E-state index contributed by atoms with van der Waals surface area (Å²) in [5, 5.41) is 0.431. The Bertz CT molecular complexity index is 1790. The van der Waals surface area contributed by atoms with E-state index in [0.717, 1.165) is 19.3 Å². The summed E-state index contributed by atoms with van der Waals surface area (Å²) in [5.74, 6) is 0.831. The summed E-state index contributed by atoms with van der Waals surface area (Å²) < 4.78 is 0. The van der Waals surface area contributed by atoms with Gasteiger partial charge in [0.05, 0.1) is 0 Å². The first-order chi connectivity index (χ1) is 20.8. The molecule has 0 bridgehead atoms. The third-order valence-corrected chi connectivity index (χ3v) is 10.3. The van der Waals surface area contributed by atoms with Crippen LogP contribution in [0.4, 0.5) is 5.69 Å². The van der Waals surface area contributed by atoms with Crippen molar-refractivity contribution in [1.29, 1.82) is 0 Å². The Hall–Kier alpha value is -4.27. The molecule has 2 heteroatoms. The number of benzene rings is 3. The monoisotopic (exact) mass is 559 g/mol. The maximum absolute atomic E-state index is 2.50. The summed E-state index contributed by atoms with van der Waals surface area (Å²) in [6, 6.07) is 27.2. The van der Waals surface area contributed by atoms with Gasteiger partial charge in [-0.25, -0.2) is 0 Å². The Labute approximate surface area is 253 Å². The zero-order valence-corrected chi connectivity index (χ0v) is 24.4. The zero-order valence-electron chi connectivity index (χ0n) is 23.6. The molecule has 8 rings (SSSR count). The van der Waals surface area contributed by atoms with E-state index in [1.165, 1.54) is 55.4 Å². The number of anilines is 1. The van der Waals surface area contributed by atoms with E-state index in [1.54, 1.807) is 0 Å².